The van der Waals surface area contributed by atoms with E-state index in [-0.39, 0.29) is 12.5 Å². The molecule has 0 rings (SSSR count). The number of halogens is 3. The molecule has 1 atom stereocenters. The van der Waals surface area contributed by atoms with Crippen LogP contribution in [0.1, 0.15) is 20.3 Å². The van der Waals surface area contributed by atoms with Crippen LogP contribution in [0.4, 0.5) is 13.2 Å². The maximum atomic E-state index is 11.9. The lowest BCUT2D eigenvalue weighted by atomic mass is 9.95. The van der Waals surface area contributed by atoms with Crippen LogP contribution in [0.15, 0.2) is 0 Å². The molecule has 0 saturated carbocycles. The zero-order valence-electron chi connectivity index (χ0n) is 9.64. The Bertz CT molecular complexity index is 169. The van der Waals surface area contributed by atoms with Gasteiger partial charge in [-0.05, 0) is 25.4 Å². The summed E-state index contributed by atoms with van der Waals surface area (Å²) in [4.78, 5) is 1.70. The summed E-state index contributed by atoms with van der Waals surface area (Å²) in [6.07, 6.45) is -4.82. The standard InChI is InChI=1S/C10H21F3N2/c1-8(2)9(6-14)7-15(3)5-4-10(11,12)13/h8-9H,4-7,14H2,1-3H3. The number of nitrogens with zero attached hydrogens (tertiary/aromatic N) is 1. The molecule has 15 heavy (non-hydrogen) atoms. The number of hydrogen-bond donors (Lipinski definition) is 1. The number of alkyl halides is 3. The van der Waals surface area contributed by atoms with Crippen molar-refractivity contribution in [2.45, 2.75) is 26.4 Å². The van der Waals surface area contributed by atoms with Crippen LogP contribution in [0.3, 0.4) is 0 Å². The van der Waals surface area contributed by atoms with Crippen molar-refractivity contribution in [2.75, 3.05) is 26.7 Å². The van der Waals surface area contributed by atoms with E-state index >= 15 is 0 Å². The second kappa shape index (κ2) is 6.33. The molecule has 2 N–H and O–H groups in total. The number of rotatable bonds is 6. The lowest BCUT2D eigenvalue weighted by Crippen LogP contribution is -2.35. The van der Waals surface area contributed by atoms with Gasteiger partial charge in [-0.2, -0.15) is 13.2 Å². The van der Waals surface area contributed by atoms with E-state index in [1.54, 1.807) is 11.9 Å². The van der Waals surface area contributed by atoms with Gasteiger partial charge in [0.15, 0.2) is 0 Å². The van der Waals surface area contributed by atoms with Crippen LogP contribution in [0.5, 0.6) is 0 Å². The highest BCUT2D eigenvalue weighted by molar-refractivity contribution is 4.68. The third-order valence-corrected chi connectivity index (χ3v) is 2.57. The molecule has 0 aliphatic carbocycles. The molecule has 0 spiro atoms. The molecule has 0 aliphatic rings. The van der Waals surface area contributed by atoms with Crippen LogP contribution in [-0.2, 0) is 0 Å². The molecule has 92 valence electrons. The lowest BCUT2D eigenvalue weighted by molar-refractivity contribution is -0.137. The molecule has 0 bridgehead atoms. The lowest BCUT2D eigenvalue weighted by Gasteiger charge is -2.25. The first-order valence-corrected chi connectivity index (χ1v) is 5.21. The highest BCUT2D eigenvalue weighted by Crippen LogP contribution is 2.20. The van der Waals surface area contributed by atoms with Gasteiger partial charge in [0.1, 0.15) is 0 Å². The molecule has 5 heteroatoms. The monoisotopic (exact) mass is 226 g/mol. The van der Waals surface area contributed by atoms with Crippen LogP contribution in [-0.4, -0.2) is 37.8 Å². The van der Waals surface area contributed by atoms with Crippen molar-refractivity contribution >= 4 is 0 Å². The normalized spacial score (nSPS) is 15.0. The smallest absolute Gasteiger partial charge is 0.330 e. The first-order valence-electron chi connectivity index (χ1n) is 5.21. The van der Waals surface area contributed by atoms with Crippen molar-refractivity contribution in [1.82, 2.24) is 4.90 Å². The Balaban J connectivity index is 3.86. The van der Waals surface area contributed by atoms with Gasteiger partial charge in [-0.15, -0.1) is 0 Å². The molecule has 2 nitrogen and oxygen atoms in total. The van der Waals surface area contributed by atoms with Crippen LogP contribution in [0.25, 0.3) is 0 Å². The minimum atomic E-state index is -4.07. The molecule has 0 amide bonds. The number of nitrogens with two attached hydrogens (primary N) is 1. The van der Waals surface area contributed by atoms with Gasteiger partial charge in [0.05, 0.1) is 6.42 Å². The van der Waals surface area contributed by atoms with Gasteiger partial charge >= 0.3 is 6.18 Å². The summed E-state index contributed by atoms with van der Waals surface area (Å²) in [7, 11) is 1.71. The molecule has 0 fully saturated rings. The average Bonchev–Trinajstić information content (AvgIpc) is 2.09. The summed E-state index contributed by atoms with van der Waals surface area (Å²) in [5.74, 6) is 0.673. The van der Waals surface area contributed by atoms with E-state index in [0.717, 1.165) is 0 Å². The quantitative estimate of drug-likeness (QED) is 0.751. The summed E-state index contributed by atoms with van der Waals surface area (Å²) in [5.41, 5.74) is 5.56. The summed E-state index contributed by atoms with van der Waals surface area (Å²) in [6.45, 7) is 5.27. The summed E-state index contributed by atoms with van der Waals surface area (Å²) >= 11 is 0. The Morgan fingerprint density at radius 2 is 1.80 bits per heavy atom. The summed E-state index contributed by atoms with van der Waals surface area (Å²) in [5, 5.41) is 0. The molecule has 0 aromatic heterocycles. The Labute approximate surface area is 89.6 Å². The summed E-state index contributed by atoms with van der Waals surface area (Å²) < 4.78 is 35.8. The van der Waals surface area contributed by atoms with Crippen LogP contribution in [0.2, 0.25) is 0 Å². The van der Waals surface area contributed by atoms with Crippen molar-refractivity contribution in [1.29, 1.82) is 0 Å². The molecular weight excluding hydrogens is 205 g/mol. The van der Waals surface area contributed by atoms with Gasteiger partial charge in [0.25, 0.3) is 0 Å². The van der Waals surface area contributed by atoms with Crippen molar-refractivity contribution in [3.63, 3.8) is 0 Å². The maximum absolute atomic E-state index is 11.9. The Hall–Kier alpha value is -0.290. The third kappa shape index (κ3) is 7.62. The SMILES string of the molecule is CC(C)C(CN)CN(C)CCC(F)(F)F. The fourth-order valence-electron chi connectivity index (χ4n) is 1.37. The van der Waals surface area contributed by atoms with Crippen LogP contribution in [0, 0.1) is 11.8 Å². The minimum absolute atomic E-state index is 0.0483. The van der Waals surface area contributed by atoms with Crippen LogP contribution >= 0.6 is 0 Å². The van der Waals surface area contributed by atoms with E-state index in [1.807, 2.05) is 13.8 Å². The zero-order valence-corrected chi connectivity index (χ0v) is 9.64. The van der Waals surface area contributed by atoms with Crippen molar-refractivity contribution < 1.29 is 13.2 Å². The molecule has 0 heterocycles. The minimum Gasteiger partial charge on any atom is -0.330 e. The largest absolute Gasteiger partial charge is 0.390 e. The predicted octanol–water partition coefficient (Wildman–Crippen LogP) is 2.10. The van der Waals surface area contributed by atoms with Gasteiger partial charge in [-0.1, -0.05) is 13.8 Å². The van der Waals surface area contributed by atoms with Crippen molar-refractivity contribution in [3.8, 4) is 0 Å². The second-order valence-electron chi connectivity index (χ2n) is 4.37. The maximum Gasteiger partial charge on any atom is 0.390 e. The number of hydrogen-bond acceptors (Lipinski definition) is 2. The fraction of sp³-hybridized carbons (Fsp3) is 1.00. The van der Waals surface area contributed by atoms with E-state index in [1.165, 1.54) is 0 Å². The molecule has 0 saturated heterocycles. The fourth-order valence-corrected chi connectivity index (χ4v) is 1.37. The van der Waals surface area contributed by atoms with Gasteiger partial charge < -0.3 is 10.6 Å². The highest BCUT2D eigenvalue weighted by atomic mass is 19.4. The van der Waals surface area contributed by atoms with E-state index in [4.69, 9.17) is 5.73 Å². The van der Waals surface area contributed by atoms with E-state index < -0.39 is 12.6 Å². The van der Waals surface area contributed by atoms with E-state index in [9.17, 15) is 13.2 Å². The zero-order chi connectivity index (χ0) is 12.1. The first kappa shape index (κ1) is 14.7. The van der Waals surface area contributed by atoms with Gasteiger partial charge in [0, 0.05) is 13.1 Å². The average molecular weight is 226 g/mol. The van der Waals surface area contributed by atoms with Crippen molar-refractivity contribution in [2.24, 2.45) is 17.6 Å². The van der Waals surface area contributed by atoms with Gasteiger partial charge in [-0.3, -0.25) is 0 Å². The first-order chi connectivity index (χ1) is 6.76. The van der Waals surface area contributed by atoms with E-state index in [0.29, 0.717) is 19.0 Å². The predicted molar refractivity (Wildman–Crippen MR) is 55.6 cm³/mol. The Morgan fingerprint density at radius 1 is 1.27 bits per heavy atom. The van der Waals surface area contributed by atoms with Crippen molar-refractivity contribution in [3.05, 3.63) is 0 Å². The second-order valence-corrected chi connectivity index (χ2v) is 4.37. The topological polar surface area (TPSA) is 29.3 Å². The third-order valence-electron chi connectivity index (χ3n) is 2.57. The molecule has 0 aromatic rings. The highest BCUT2D eigenvalue weighted by Gasteiger charge is 2.27. The Kier molecular flexibility index (Phi) is 6.20. The molecule has 1 unspecified atom stereocenters. The molecule has 0 radical (unpaired) electrons. The molecule has 0 aliphatic heterocycles. The van der Waals surface area contributed by atoms with Gasteiger partial charge in [-0.25, -0.2) is 0 Å². The molecule has 0 aromatic carbocycles. The summed E-state index contributed by atoms with van der Waals surface area (Å²) in [6, 6.07) is 0. The van der Waals surface area contributed by atoms with Crippen LogP contribution < -0.4 is 5.73 Å². The molecular formula is C10H21F3N2. The van der Waals surface area contributed by atoms with E-state index in [2.05, 4.69) is 0 Å². The van der Waals surface area contributed by atoms with Gasteiger partial charge in [0.2, 0.25) is 0 Å². The Morgan fingerprint density at radius 3 is 2.13 bits per heavy atom.